The molecule has 0 aliphatic heterocycles. The fourth-order valence-electron chi connectivity index (χ4n) is 2.33. The molecule has 2 aromatic carbocycles. The zero-order valence-corrected chi connectivity index (χ0v) is 12.8. The molecule has 0 spiro atoms. The number of imidazole rings is 1. The number of ether oxygens (including phenoxy) is 1. The minimum absolute atomic E-state index is 0.265. The summed E-state index contributed by atoms with van der Waals surface area (Å²) in [6.45, 7) is 0.0260. The summed E-state index contributed by atoms with van der Waals surface area (Å²) < 4.78 is 5.24. The molecular formula is C17H19N3O3. The highest BCUT2D eigenvalue weighted by atomic mass is 16.5. The Hall–Kier alpha value is -2.57. The SMILES string of the molecule is COc1cccc(-c2nc3ccc(NCC(O)CO)cc3[nH]2)c1. The van der Waals surface area contributed by atoms with Crippen molar-refractivity contribution in [2.75, 3.05) is 25.6 Å². The van der Waals surface area contributed by atoms with Gasteiger partial charge in [-0.25, -0.2) is 4.98 Å². The van der Waals surface area contributed by atoms with Crippen LogP contribution in [0.2, 0.25) is 0 Å². The summed E-state index contributed by atoms with van der Waals surface area (Å²) in [5, 5.41) is 21.3. The van der Waals surface area contributed by atoms with Gasteiger partial charge >= 0.3 is 0 Å². The molecule has 0 saturated heterocycles. The molecule has 1 atom stereocenters. The molecule has 120 valence electrons. The summed E-state index contributed by atoms with van der Waals surface area (Å²) in [6.07, 6.45) is -0.778. The summed E-state index contributed by atoms with van der Waals surface area (Å²) in [7, 11) is 1.64. The van der Waals surface area contributed by atoms with Crippen molar-refractivity contribution in [3.05, 3.63) is 42.5 Å². The minimum atomic E-state index is -0.778. The largest absolute Gasteiger partial charge is 0.497 e. The van der Waals surface area contributed by atoms with Gasteiger partial charge in [0.1, 0.15) is 11.6 Å². The number of nitrogens with one attached hydrogen (secondary N) is 2. The van der Waals surface area contributed by atoms with E-state index in [-0.39, 0.29) is 6.61 Å². The predicted molar refractivity (Wildman–Crippen MR) is 89.7 cm³/mol. The van der Waals surface area contributed by atoms with Crippen LogP contribution in [0.3, 0.4) is 0 Å². The van der Waals surface area contributed by atoms with E-state index in [1.807, 2.05) is 42.5 Å². The highest BCUT2D eigenvalue weighted by molar-refractivity contribution is 5.82. The first-order valence-corrected chi connectivity index (χ1v) is 7.36. The molecule has 6 heteroatoms. The van der Waals surface area contributed by atoms with E-state index in [1.54, 1.807) is 7.11 Å². The van der Waals surface area contributed by atoms with E-state index in [0.717, 1.165) is 33.9 Å². The molecule has 23 heavy (non-hydrogen) atoms. The van der Waals surface area contributed by atoms with Crippen LogP contribution < -0.4 is 10.1 Å². The van der Waals surface area contributed by atoms with Crippen molar-refractivity contribution in [1.82, 2.24) is 9.97 Å². The number of aliphatic hydroxyl groups excluding tert-OH is 2. The molecule has 3 rings (SSSR count). The summed E-state index contributed by atoms with van der Waals surface area (Å²) in [5.74, 6) is 1.55. The molecular weight excluding hydrogens is 294 g/mol. The molecule has 0 fully saturated rings. The van der Waals surface area contributed by atoms with E-state index in [1.165, 1.54) is 0 Å². The Labute approximate surface area is 133 Å². The molecule has 0 saturated carbocycles. The highest BCUT2D eigenvalue weighted by Gasteiger charge is 2.08. The van der Waals surface area contributed by atoms with Crippen molar-refractivity contribution < 1.29 is 14.9 Å². The molecule has 1 aromatic heterocycles. The number of fused-ring (bicyclic) bond motifs is 1. The number of hydrogen-bond donors (Lipinski definition) is 4. The van der Waals surface area contributed by atoms with E-state index in [0.29, 0.717) is 6.54 Å². The molecule has 0 radical (unpaired) electrons. The maximum Gasteiger partial charge on any atom is 0.138 e. The van der Waals surface area contributed by atoms with E-state index < -0.39 is 6.10 Å². The van der Waals surface area contributed by atoms with Gasteiger partial charge in [-0.15, -0.1) is 0 Å². The molecule has 0 amide bonds. The number of nitrogens with zero attached hydrogens (tertiary/aromatic N) is 1. The van der Waals surface area contributed by atoms with Gasteiger partial charge in [-0.2, -0.15) is 0 Å². The second-order valence-electron chi connectivity index (χ2n) is 5.27. The van der Waals surface area contributed by atoms with Crippen LogP contribution in [-0.2, 0) is 0 Å². The zero-order chi connectivity index (χ0) is 16.2. The average Bonchev–Trinajstić information content (AvgIpc) is 3.03. The monoisotopic (exact) mass is 313 g/mol. The summed E-state index contributed by atoms with van der Waals surface area (Å²) in [5.41, 5.74) is 3.55. The van der Waals surface area contributed by atoms with Gasteiger partial charge < -0.3 is 25.3 Å². The van der Waals surface area contributed by atoms with Crippen LogP contribution in [0.4, 0.5) is 5.69 Å². The first kappa shape index (κ1) is 15.3. The van der Waals surface area contributed by atoms with Gasteiger partial charge in [0.2, 0.25) is 0 Å². The molecule has 1 unspecified atom stereocenters. The number of aromatic amines is 1. The molecule has 6 nitrogen and oxygen atoms in total. The molecule has 1 heterocycles. The Morgan fingerprint density at radius 1 is 1.26 bits per heavy atom. The van der Waals surface area contributed by atoms with Crippen LogP contribution >= 0.6 is 0 Å². The average molecular weight is 313 g/mol. The summed E-state index contributed by atoms with van der Waals surface area (Å²) >= 11 is 0. The molecule has 0 aliphatic carbocycles. The number of aromatic nitrogens is 2. The first-order valence-electron chi connectivity index (χ1n) is 7.36. The third-order valence-electron chi connectivity index (χ3n) is 3.58. The number of hydrogen-bond acceptors (Lipinski definition) is 5. The van der Waals surface area contributed by atoms with Gasteiger partial charge in [0.15, 0.2) is 0 Å². The Morgan fingerprint density at radius 3 is 2.91 bits per heavy atom. The smallest absolute Gasteiger partial charge is 0.138 e. The van der Waals surface area contributed by atoms with Crippen LogP contribution in [0.1, 0.15) is 0 Å². The molecule has 3 aromatic rings. The van der Waals surface area contributed by atoms with Crippen LogP contribution in [0.5, 0.6) is 5.75 Å². The third kappa shape index (κ3) is 3.44. The van der Waals surface area contributed by atoms with Gasteiger partial charge in [0, 0.05) is 17.8 Å². The van der Waals surface area contributed by atoms with Crippen molar-refractivity contribution in [3.63, 3.8) is 0 Å². The van der Waals surface area contributed by atoms with Crippen LogP contribution in [0.25, 0.3) is 22.4 Å². The van der Waals surface area contributed by atoms with Crippen LogP contribution in [0, 0.1) is 0 Å². The summed E-state index contributed by atoms with van der Waals surface area (Å²) in [4.78, 5) is 7.87. The first-order chi connectivity index (χ1) is 11.2. The lowest BCUT2D eigenvalue weighted by Crippen LogP contribution is -2.22. The number of methoxy groups -OCH3 is 1. The normalized spacial score (nSPS) is 12.3. The number of benzene rings is 2. The lowest BCUT2D eigenvalue weighted by molar-refractivity contribution is 0.105. The fourth-order valence-corrected chi connectivity index (χ4v) is 2.33. The van der Waals surface area contributed by atoms with Gasteiger partial charge in [-0.3, -0.25) is 0 Å². The number of rotatable bonds is 6. The van der Waals surface area contributed by atoms with Crippen molar-refractivity contribution in [1.29, 1.82) is 0 Å². The maximum absolute atomic E-state index is 9.39. The third-order valence-corrected chi connectivity index (χ3v) is 3.58. The van der Waals surface area contributed by atoms with E-state index in [2.05, 4.69) is 15.3 Å². The second-order valence-corrected chi connectivity index (χ2v) is 5.27. The Morgan fingerprint density at radius 2 is 2.13 bits per heavy atom. The number of anilines is 1. The molecule has 4 N–H and O–H groups in total. The van der Waals surface area contributed by atoms with Crippen molar-refractivity contribution in [2.45, 2.75) is 6.10 Å². The standard InChI is InChI=1S/C17H19N3O3/c1-23-14-4-2-3-11(7-14)17-19-15-6-5-12(8-16(15)20-17)18-9-13(22)10-21/h2-8,13,18,21-22H,9-10H2,1H3,(H,19,20). The lowest BCUT2D eigenvalue weighted by atomic mass is 10.2. The number of aliphatic hydroxyl groups is 2. The zero-order valence-electron chi connectivity index (χ0n) is 12.8. The van der Waals surface area contributed by atoms with Crippen molar-refractivity contribution in [3.8, 4) is 17.1 Å². The van der Waals surface area contributed by atoms with Crippen molar-refractivity contribution in [2.24, 2.45) is 0 Å². The van der Waals surface area contributed by atoms with Gasteiger partial charge in [-0.1, -0.05) is 12.1 Å². The van der Waals surface area contributed by atoms with Gasteiger partial charge in [0.25, 0.3) is 0 Å². The van der Waals surface area contributed by atoms with E-state index in [9.17, 15) is 5.11 Å². The highest BCUT2D eigenvalue weighted by Crippen LogP contribution is 2.25. The second kappa shape index (κ2) is 6.68. The predicted octanol–water partition coefficient (Wildman–Crippen LogP) is 2.00. The minimum Gasteiger partial charge on any atom is -0.497 e. The fraction of sp³-hybridized carbons (Fsp3) is 0.235. The Bertz CT molecular complexity index is 801. The molecule has 0 bridgehead atoms. The maximum atomic E-state index is 9.39. The Kier molecular flexibility index (Phi) is 4.45. The topological polar surface area (TPSA) is 90.4 Å². The van der Waals surface area contributed by atoms with Gasteiger partial charge in [-0.05, 0) is 30.3 Å². The Balaban J connectivity index is 1.86. The van der Waals surface area contributed by atoms with Crippen LogP contribution in [0.15, 0.2) is 42.5 Å². The lowest BCUT2D eigenvalue weighted by Gasteiger charge is -2.09. The van der Waals surface area contributed by atoms with Crippen molar-refractivity contribution >= 4 is 16.7 Å². The van der Waals surface area contributed by atoms with Crippen LogP contribution in [-0.4, -0.2) is 46.5 Å². The number of H-pyrrole nitrogens is 1. The van der Waals surface area contributed by atoms with E-state index in [4.69, 9.17) is 9.84 Å². The summed E-state index contributed by atoms with van der Waals surface area (Å²) in [6, 6.07) is 13.4. The van der Waals surface area contributed by atoms with Gasteiger partial charge in [0.05, 0.1) is 30.9 Å². The quantitative estimate of drug-likeness (QED) is 0.559. The molecule has 0 aliphatic rings. The van der Waals surface area contributed by atoms with E-state index >= 15 is 0 Å².